The molecule has 0 spiro atoms. The highest BCUT2D eigenvalue weighted by molar-refractivity contribution is 5.96. The first-order valence-electron chi connectivity index (χ1n) is 8.74. The summed E-state index contributed by atoms with van der Waals surface area (Å²) < 4.78 is 25.3. The topological polar surface area (TPSA) is 67.7 Å². The third-order valence-electron chi connectivity index (χ3n) is 4.23. The second kappa shape index (κ2) is 7.52. The first-order chi connectivity index (χ1) is 13.6. The minimum absolute atomic E-state index is 0.0418. The fourth-order valence-corrected chi connectivity index (χ4v) is 2.81. The summed E-state index contributed by atoms with van der Waals surface area (Å²) in [7, 11) is 0. The molecule has 0 aliphatic heterocycles. The van der Waals surface area contributed by atoms with Gasteiger partial charge < -0.3 is 14.2 Å². The van der Waals surface area contributed by atoms with Crippen LogP contribution < -0.4 is 10.9 Å². The molecule has 0 saturated heterocycles. The Morgan fingerprint density at radius 2 is 1.96 bits per heavy atom. The summed E-state index contributed by atoms with van der Waals surface area (Å²) in [5.41, 5.74) is 1.77. The molecule has 0 saturated carbocycles. The number of hydrogen-bond donors (Lipinski definition) is 1. The molecule has 5 nitrogen and oxygen atoms in total. The van der Waals surface area contributed by atoms with Crippen molar-refractivity contribution in [2.45, 2.75) is 13.5 Å². The van der Waals surface area contributed by atoms with Gasteiger partial charge in [0, 0.05) is 5.39 Å². The average molecular weight is 376 g/mol. The maximum Gasteiger partial charge on any atom is 0.257 e. The number of furan rings is 1. The average Bonchev–Trinajstić information content (AvgIpc) is 3.22. The SMILES string of the molecule is Cc1ccc(F)c(N=c2oc3ccccc3cc2C(=O)NCc2ccco2)c1. The van der Waals surface area contributed by atoms with Crippen LogP contribution >= 0.6 is 0 Å². The maximum atomic E-state index is 14.2. The highest BCUT2D eigenvalue weighted by atomic mass is 19.1. The summed E-state index contributed by atoms with van der Waals surface area (Å²) >= 11 is 0. The molecular formula is C22H17FN2O3. The van der Waals surface area contributed by atoms with Crippen molar-refractivity contribution in [1.82, 2.24) is 5.32 Å². The number of rotatable bonds is 4. The molecule has 1 N–H and O–H groups in total. The lowest BCUT2D eigenvalue weighted by Crippen LogP contribution is -2.28. The molecule has 2 heterocycles. The van der Waals surface area contributed by atoms with Crippen LogP contribution in [0.5, 0.6) is 0 Å². The van der Waals surface area contributed by atoms with E-state index in [1.165, 1.54) is 12.3 Å². The predicted molar refractivity (Wildman–Crippen MR) is 102 cm³/mol. The van der Waals surface area contributed by atoms with Crippen LogP contribution in [-0.4, -0.2) is 5.91 Å². The van der Waals surface area contributed by atoms with Gasteiger partial charge in [-0.25, -0.2) is 9.38 Å². The largest absolute Gasteiger partial charge is 0.467 e. The Kier molecular flexibility index (Phi) is 4.76. The third kappa shape index (κ3) is 3.71. The molecule has 1 amide bonds. The van der Waals surface area contributed by atoms with Crippen LogP contribution in [0.25, 0.3) is 11.0 Å². The Labute approximate surface area is 160 Å². The van der Waals surface area contributed by atoms with Crippen LogP contribution in [0.4, 0.5) is 10.1 Å². The highest BCUT2D eigenvalue weighted by Gasteiger charge is 2.14. The number of aryl methyl sites for hydroxylation is 1. The summed E-state index contributed by atoms with van der Waals surface area (Å²) in [6.45, 7) is 2.06. The van der Waals surface area contributed by atoms with Gasteiger partial charge >= 0.3 is 0 Å². The number of nitrogens with zero attached hydrogens (tertiary/aromatic N) is 1. The smallest absolute Gasteiger partial charge is 0.257 e. The van der Waals surface area contributed by atoms with Crippen LogP contribution in [0, 0.1) is 12.7 Å². The molecule has 2 aromatic heterocycles. The lowest BCUT2D eigenvalue weighted by molar-refractivity contribution is 0.0944. The first-order valence-corrected chi connectivity index (χ1v) is 8.74. The Hall–Kier alpha value is -3.67. The van der Waals surface area contributed by atoms with Crippen molar-refractivity contribution in [1.29, 1.82) is 0 Å². The zero-order valence-corrected chi connectivity index (χ0v) is 15.1. The molecule has 0 atom stereocenters. The van der Waals surface area contributed by atoms with E-state index in [0.29, 0.717) is 11.3 Å². The minimum Gasteiger partial charge on any atom is -0.467 e. The molecule has 0 radical (unpaired) electrons. The molecule has 4 rings (SSSR count). The monoisotopic (exact) mass is 376 g/mol. The molecule has 6 heteroatoms. The van der Waals surface area contributed by atoms with Gasteiger partial charge in [-0.15, -0.1) is 0 Å². The highest BCUT2D eigenvalue weighted by Crippen LogP contribution is 2.19. The van der Waals surface area contributed by atoms with Gasteiger partial charge in [0.1, 0.15) is 28.4 Å². The number of para-hydroxylation sites is 1. The molecular weight excluding hydrogens is 359 g/mol. The van der Waals surface area contributed by atoms with Crippen molar-refractivity contribution in [3.8, 4) is 0 Å². The number of amides is 1. The summed E-state index contributed by atoms with van der Waals surface area (Å²) in [5, 5.41) is 3.52. The summed E-state index contributed by atoms with van der Waals surface area (Å²) in [6.07, 6.45) is 1.54. The molecule has 0 aliphatic rings. The van der Waals surface area contributed by atoms with Gasteiger partial charge in [-0.1, -0.05) is 24.3 Å². The lowest BCUT2D eigenvalue weighted by Gasteiger charge is -2.06. The molecule has 28 heavy (non-hydrogen) atoms. The number of carbonyl (C=O) groups excluding carboxylic acids is 1. The van der Waals surface area contributed by atoms with E-state index in [9.17, 15) is 9.18 Å². The standard InChI is InChI=1S/C22H17FN2O3/c1-14-8-9-18(23)19(11-14)25-22-17(12-15-5-2-3-7-20(15)28-22)21(26)24-13-16-6-4-10-27-16/h2-12H,13H2,1H3,(H,24,26). The van der Waals surface area contributed by atoms with Crippen molar-refractivity contribution < 1.29 is 18.0 Å². The number of fused-ring (bicyclic) bond motifs is 1. The Morgan fingerprint density at radius 3 is 2.79 bits per heavy atom. The predicted octanol–water partition coefficient (Wildman–Crippen LogP) is 4.64. The second-order valence-corrected chi connectivity index (χ2v) is 6.33. The number of hydrogen-bond acceptors (Lipinski definition) is 4. The van der Waals surface area contributed by atoms with Crippen LogP contribution in [0.2, 0.25) is 0 Å². The van der Waals surface area contributed by atoms with Crippen LogP contribution in [0.1, 0.15) is 21.7 Å². The third-order valence-corrected chi connectivity index (χ3v) is 4.23. The van der Waals surface area contributed by atoms with E-state index in [1.807, 2.05) is 25.1 Å². The van der Waals surface area contributed by atoms with Crippen molar-refractivity contribution in [3.63, 3.8) is 0 Å². The molecule has 0 fully saturated rings. The van der Waals surface area contributed by atoms with Gasteiger partial charge in [-0.3, -0.25) is 4.79 Å². The summed E-state index contributed by atoms with van der Waals surface area (Å²) in [4.78, 5) is 17.1. The van der Waals surface area contributed by atoms with Crippen molar-refractivity contribution in [2.75, 3.05) is 0 Å². The number of nitrogens with one attached hydrogen (secondary N) is 1. The van der Waals surface area contributed by atoms with Gasteiger partial charge in [0.15, 0.2) is 0 Å². The number of benzene rings is 2. The van der Waals surface area contributed by atoms with Gasteiger partial charge in [-0.05, 0) is 48.9 Å². The van der Waals surface area contributed by atoms with E-state index in [4.69, 9.17) is 8.83 Å². The Balaban J connectivity index is 1.81. The van der Waals surface area contributed by atoms with E-state index >= 15 is 0 Å². The molecule has 0 bridgehead atoms. The molecule has 0 aliphatic carbocycles. The quantitative estimate of drug-likeness (QED) is 0.564. The van der Waals surface area contributed by atoms with Gasteiger partial charge in [0.25, 0.3) is 5.91 Å². The van der Waals surface area contributed by atoms with Crippen molar-refractivity contribution >= 4 is 22.6 Å². The normalized spacial score (nSPS) is 11.7. The molecule has 4 aromatic rings. The van der Waals surface area contributed by atoms with Gasteiger partial charge in [0.2, 0.25) is 5.55 Å². The lowest BCUT2D eigenvalue weighted by atomic mass is 10.1. The fraction of sp³-hybridized carbons (Fsp3) is 0.0909. The van der Waals surface area contributed by atoms with Gasteiger partial charge in [0.05, 0.1) is 12.8 Å². The minimum atomic E-state index is -0.490. The zero-order chi connectivity index (χ0) is 19.5. The number of carbonyl (C=O) groups is 1. The number of halogens is 1. The Bertz CT molecular complexity index is 1210. The zero-order valence-electron chi connectivity index (χ0n) is 15.1. The van der Waals surface area contributed by atoms with E-state index in [2.05, 4.69) is 10.3 Å². The van der Waals surface area contributed by atoms with Gasteiger partial charge in [-0.2, -0.15) is 0 Å². The summed E-state index contributed by atoms with van der Waals surface area (Å²) in [5.74, 6) is -0.261. The van der Waals surface area contributed by atoms with Crippen LogP contribution in [-0.2, 0) is 6.54 Å². The van der Waals surface area contributed by atoms with Crippen molar-refractivity contribution in [2.24, 2.45) is 4.99 Å². The molecule has 2 aromatic carbocycles. The Morgan fingerprint density at radius 1 is 1.11 bits per heavy atom. The van der Waals surface area contributed by atoms with Crippen LogP contribution in [0.15, 0.2) is 80.8 Å². The molecule has 140 valence electrons. The van der Waals surface area contributed by atoms with E-state index < -0.39 is 11.7 Å². The summed E-state index contributed by atoms with van der Waals surface area (Å²) in [6, 6.07) is 17.1. The molecule has 0 unspecified atom stereocenters. The van der Waals surface area contributed by atoms with E-state index in [1.54, 1.807) is 36.4 Å². The second-order valence-electron chi connectivity index (χ2n) is 6.33. The van der Waals surface area contributed by atoms with E-state index in [0.717, 1.165) is 10.9 Å². The van der Waals surface area contributed by atoms with Crippen LogP contribution in [0.3, 0.4) is 0 Å². The van der Waals surface area contributed by atoms with E-state index in [-0.39, 0.29) is 23.3 Å². The fourth-order valence-electron chi connectivity index (χ4n) is 2.81. The maximum absolute atomic E-state index is 14.2. The van der Waals surface area contributed by atoms with Crippen molar-refractivity contribution in [3.05, 3.63) is 95.2 Å². The first kappa shape index (κ1) is 17.7.